The van der Waals surface area contributed by atoms with Gasteiger partial charge in [-0.05, 0) is 23.8 Å². The van der Waals surface area contributed by atoms with Gasteiger partial charge in [0.1, 0.15) is 5.75 Å². The molecular formula is C14H11NO3. The molecule has 3 rings (SSSR count). The van der Waals surface area contributed by atoms with E-state index in [4.69, 9.17) is 9.47 Å². The molecule has 1 atom stereocenters. The molecule has 0 bridgehead atoms. The Morgan fingerprint density at radius 1 is 1.22 bits per heavy atom. The molecule has 1 aromatic heterocycles. The second-order valence-electron chi connectivity index (χ2n) is 4.00. The Morgan fingerprint density at radius 3 is 2.72 bits per heavy atom. The van der Waals surface area contributed by atoms with Gasteiger partial charge >= 0.3 is 5.97 Å². The van der Waals surface area contributed by atoms with Gasteiger partial charge in [0.25, 0.3) is 0 Å². The SMILES string of the molecule is COc1ccc([C@@H]2OC(=O)c3ncccc32)cc1. The van der Waals surface area contributed by atoms with Crippen molar-refractivity contribution in [1.82, 2.24) is 4.98 Å². The predicted octanol–water partition coefficient (Wildman–Crippen LogP) is 2.35. The van der Waals surface area contributed by atoms with E-state index in [0.29, 0.717) is 5.69 Å². The first-order valence-electron chi connectivity index (χ1n) is 5.59. The van der Waals surface area contributed by atoms with Crippen molar-refractivity contribution >= 4 is 5.97 Å². The zero-order valence-electron chi connectivity index (χ0n) is 9.79. The number of benzene rings is 1. The molecule has 0 saturated heterocycles. The van der Waals surface area contributed by atoms with Crippen molar-refractivity contribution in [3.63, 3.8) is 0 Å². The van der Waals surface area contributed by atoms with Gasteiger partial charge in [-0.1, -0.05) is 18.2 Å². The first-order chi connectivity index (χ1) is 8.79. The molecule has 1 aliphatic rings. The predicted molar refractivity (Wildman–Crippen MR) is 64.5 cm³/mol. The van der Waals surface area contributed by atoms with Crippen molar-refractivity contribution < 1.29 is 14.3 Å². The lowest BCUT2D eigenvalue weighted by molar-refractivity contribution is 0.0452. The van der Waals surface area contributed by atoms with E-state index >= 15 is 0 Å². The van der Waals surface area contributed by atoms with Crippen LogP contribution in [0.15, 0.2) is 42.6 Å². The van der Waals surface area contributed by atoms with Gasteiger partial charge < -0.3 is 9.47 Å². The van der Waals surface area contributed by atoms with Gasteiger partial charge in [0.05, 0.1) is 7.11 Å². The molecular weight excluding hydrogens is 230 g/mol. The standard InChI is InChI=1S/C14H11NO3/c1-17-10-6-4-9(5-7-10)13-11-3-2-8-15-12(11)14(16)18-13/h2-8,13H,1H3/t13-/m0/s1. The van der Waals surface area contributed by atoms with E-state index in [-0.39, 0.29) is 12.1 Å². The van der Waals surface area contributed by atoms with Crippen LogP contribution in [0, 0.1) is 0 Å². The number of fused-ring (bicyclic) bond motifs is 1. The Morgan fingerprint density at radius 2 is 2.00 bits per heavy atom. The van der Waals surface area contributed by atoms with Gasteiger partial charge in [0.15, 0.2) is 11.8 Å². The number of pyridine rings is 1. The summed E-state index contributed by atoms with van der Waals surface area (Å²) < 4.78 is 10.5. The Balaban J connectivity index is 2.01. The molecule has 1 aromatic carbocycles. The van der Waals surface area contributed by atoms with E-state index in [2.05, 4.69) is 4.98 Å². The minimum atomic E-state index is -0.369. The van der Waals surface area contributed by atoms with Crippen LogP contribution in [0.1, 0.15) is 27.7 Å². The van der Waals surface area contributed by atoms with Crippen molar-refractivity contribution in [2.24, 2.45) is 0 Å². The highest BCUT2D eigenvalue weighted by Gasteiger charge is 2.33. The summed E-state index contributed by atoms with van der Waals surface area (Å²) in [6, 6.07) is 11.1. The van der Waals surface area contributed by atoms with Crippen LogP contribution in [0.3, 0.4) is 0 Å². The molecule has 90 valence electrons. The largest absolute Gasteiger partial charge is 0.497 e. The highest BCUT2D eigenvalue weighted by molar-refractivity contribution is 5.92. The molecule has 2 aromatic rings. The first-order valence-corrected chi connectivity index (χ1v) is 5.59. The molecule has 18 heavy (non-hydrogen) atoms. The third-order valence-electron chi connectivity index (χ3n) is 2.96. The van der Waals surface area contributed by atoms with E-state index in [0.717, 1.165) is 16.9 Å². The van der Waals surface area contributed by atoms with Gasteiger partial charge in [-0.2, -0.15) is 0 Å². The summed E-state index contributed by atoms with van der Waals surface area (Å²) >= 11 is 0. The fourth-order valence-corrected chi connectivity index (χ4v) is 2.05. The summed E-state index contributed by atoms with van der Waals surface area (Å²) in [6.45, 7) is 0. The second-order valence-corrected chi connectivity index (χ2v) is 4.00. The number of nitrogens with zero attached hydrogens (tertiary/aromatic N) is 1. The number of cyclic esters (lactones) is 1. The Hall–Kier alpha value is -2.36. The number of hydrogen-bond donors (Lipinski definition) is 0. The fraction of sp³-hybridized carbons (Fsp3) is 0.143. The Labute approximate surface area is 104 Å². The molecule has 0 radical (unpaired) electrons. The summed E-state index contributed by atoms with van der Waals surface area (Å²) in [5.41, 5.74) is 2.13. The molecule has 4 heteroatoms. The maximum Gasteiger partial charge on any atom is 0.358 e. The van der Waals surface area contributed by atoms with Gasteiger partial charge in [-0.3, -0.25) is 0 Å². The maximum atomic E-state index is 11.7. The number of carbonyl (C=O) groups excluding carboxylic acids is 1. The normalized spacial score (nSPS) is 17.2. The Kier molecular flexibility index (Phi) is 2.48. The lowest BCUT2D eigenvalue weighted by atomic mass is 10.0. The Bertz CT molecular complexity index is 592. The summed E-state index contributed by atoms with van der Waals surface area (Å²) in [5.74, 6) is 0.404. The van der Waals surface area contributed by atoms with Gasteiger partial charge in [0.2, 0.25) is 0 Å². The number of hydrogen-bond acceptors (Lipinski definition) is 4. The van der Waals surface area contributed by atoms with Crippen molar-refractivity contribution in [2.45, 2.75) is 6.10 Å². The van der Waals surface area contributed by atoms with Gasteiger partial charge in [-0.25, -0.2) is 9.78 Å². The van der Waals surface area contributed by atoms with Crippen LogP contribution in [0.2, 0.25) is 0 Å². The molecule has 0 N–H and O–H groups in total. The molecule has 0 spiro atoms. The average Bonchev–Trinajstić information content (AvgIpc) is 2.77. The molecule has 0 aliphatic carbocycles. The summed E-state index contributed by atoms with van der Waals surface area (Å²) in [7, 11) is 1.61. The number of ether oxygens (including phenoxy) is 2. The highest BCUT2D eigenvalue weighted by atomic mass is 16.5. The quantitative estimate of drug-likeness (QED) is 0.757. The molecule has 0 unspecified atom stereocenters. The van der Waals surface area contributed by atoms with E-state index in [1.54, 1.807) is 19.4 Å². The smallest absolute Gasteiger partial charge is 0.358 e. The van der Waals surface area contributed by atoms with Gasteiger partial charge in [0, 0.05) is 11.8 Å². The zero-order valence-corrected chi connectivity index (χ0v) is 9.79. The third-order valence-corrected chi connectivity index (χ3v) is 2.96. The second kappa shape index (κ2) is 4.14. The van der Waals surface area contributed by atoms with Crippen LogP contribution in [-0.2, 0) is 4.74 Å². The molecule has 1 aliphatic heterocycles. The average molecular weight is 241 g/mol. The number of aromatic nitrogens is 1. The van der Waals surface area contributed by atoms with E-state index in [9.17, 15) is 4.79 Å². The zero-order chi connectivity index (χ0) is 12.5. The van der Waals surface area contributed by atoms with Crippen LogP contribution in [0.25, 0.3) is 0 Å². The van der Waals surface area contributed by atoms with Crippen molar-refractivity contribution in [2.75, 3.05) is 7.11 Å². The molecule has 0 amide bonds. The lowest BCUT2D eigenvalue weighted by Gasteiger charge is -2.11. The van der Waals surface area contributed by atoms with Crippen LogP contribution in [-0.4, -0.2) is 18.1 Å². The molecule has 0 fully saturated rings. The van der Waals surface area contributed by atoms with Crippen molar-refractivity contribution in [3.05, 3.63) is 59.4 Å². The van der Waals surface area contributed by atoms with Crippen LogP contribution < -0.4 is 4.74 Å². The maximum absolute atomic E-state index is 11.7. The lowest BCUT2D eigenvalue weighted by Crippen LogP contribution is -2.00. The van der Waals surface area contributed by atoms with Crippen molar-refractivity contribution in [3.8, 4) is 5.75 Å². The van der Waals surface area contributed by atoms with Crippen LogP contribution in [0.5, 0.6) is 5.75 Å². The monoisotopic (exact) mass is 241 g/mol. The highest BCUT2D eigenvalue weighted by Crippen LogP contribution is 2.34. The van der Waals surface area contributed by atoms with Crippen LogP contribution in [0.4, 0.5) is 0 Å². The number of esters is 1. The van der Waals surface area contributed by atoms with Crippen LogP contribution >= 0.6 is 0 Å². The molecule has 0 saturated carbocycles. The molecule has 2 heterocycles. The minimum absolute atomic E-state index is 0.368. The first kappa shape index (κ1) is 10.8. The van der Waals surface area contributed by atoms with E-state index in [1.165, 1.54) is 0 Å². The summed E-state index contributed by atoms with van der Waals surface area (Å²) in [4.78, 5) is 15.7. The minimum Gasteiger partial charge on any atom is -0.497 e. The number of carbonyl (C=O) groups is 1. The fourth-order valence-electron chi connectivity index (χ4n) is 2.05. The number of methoxy groups -OCH3 is 1. The third kappa shape index (κ3) is 1.62. The summed E-state index contributed by atoms with van der Waals surface area (Å²) in [5, 5.41) is 0. The van der Waals surface area contributed by atoms with E-state index in [1.807, 2.05) is 30.3 Å². The van der Waals surface area contributed by atoms with Gasteiger partial charge in [-0.15, -0.1) is 0 Å². The molecule has 4 nitrogen and oxygen atoms in total. The topological polar surface area (TPSA) is 48.4 Å². The number of rotatable bonds is 2. The van der Waals surface area contributed by atoms with E-state index < -0.39 is 0 Å². The van der Waals surface area contributed by atoms with Crippen molar-refractivity contribution in [1.29, 1.82) is 0 Å². The summed E-state index contributed by atoms with van der Waals surface area (Å²) in [6.07, 6.45) is 1.23.